The molecule has 12 heteroatoms. The number of hydrogen-bond acceptors (Lipinski definition) is 6. The molecule has 0 aliphatic heterocycles. The number of nitrogens with one attached hydrogen (secondary N) is 1. The Hall–Kier alpha value is -3.93. The highest BCUT2D eigenvalue weighted by Crippen LogP contribution is 2.36. The fourth-order valence-electron chi connectivity index (χ4n) is 3.92. The Balaban J connectivity index is 1.42. The maximum Gasteiger partial charge on any atom is 0.490 e. The zero-order valence-electron chi connectivity index (χ0n) is 17.6. The Morgan fingerprint density at radius 3 is 2.50 bits per heavy atom. The van der Waals surface area contributed by atoms with Gasteiger partial charge in [0.2, 0.25) is 5.91 Å². The maximum absolute atomic E-state index is 12.6. The summed E-state index contributed by atoms with van der Waals surface area (Å²) in [4.78, 5) is 35.3. The quantitative estimate of drug-likeness (QED) is 0.383. The summed E-state index contributed by atoms with van der Waals surface area (Å²) in [5.41, 5.74) is 11.2. The minimum atomic E-state index is -5.16. The molecule has 0 bridgehead atoms. The third-order valence-corrected chi connectivity index (χ3v) is 5.61. The molecule has 3 aromatic rings. The first-order chi connectivity index (χ1) is 15.9. The Morgan fingerprint density at radius 2 is 1.85 bits per heavy atom. The lowest BCUT2D eigenvalue weighted by Crippen LogP contribution is -2.45. The van der Waals surface area contributed by atoms with Crippen LogP contribution in [-0.4, -0.2) is 39.5 Å². The Bertz CT molecular complexity index is 1270. The first-order valence-electron chi connectivity index (χ1n) is 10.2. The maximum atomic E-state index is 12.6. The topological polar surface area (TPSA) is 142 Å². The van der Waals surface area contributed by atoms with Crippen molar-refractivity contribution in [1.82, 2.24) is 9.78 Å². The molecule has 178 valence electrons. The van der Waals surface area contributed by atoms with Gasteiger partial charge in [0, 0.05) is 36.0 Å². The van der Waals surface area contributed by atoms with Crippen molar-refractivity contribution in [2.24, 2.45) is 17.4 Å². The molecule has 0 saturated heterocycles. The van der Waals surface area contributed by atoms with E-state index in [1.165, 1.54) is 0 Å². The standard InChI is InChI=1S/C22H20F3N5O4/c23-22(24,25)20(33)34-21(27)9-8-12(10-21)19(32)28-14-4-6-15(7-5-14)30-11-13-2-1-3-16(18(26)31)17(13)29-30/h1-7,11-12H,8-10,27H2,(H2,26,31)(H,28,32)/t12-,21+/m0/s1. The summed E-state index contributed by atoms with van der Waals surface area (Å²) in [5.74, 6) is -4.12. The van der Waals surface area contributed by atoms with Crippen molar-refractivity contribution in [3.63, 3.8) is 0 Å². The number of hydrogen-bond donors (Lipinski definition) is 3. The number of aromatic nitrogens is 2. The van der Waals surface area contributed by atoms with E-state index in [1.807, 2.05) is 0 Å². The highest BCUT2D eigenvalue weighted by Gasteiger charge is 2.49. The number of alkyl halides is 3. The Kier molecular flexibility index (Phi) is 5.77. The largest absolute Gasteiger partial charge is 0.490 e. The van der Waals surface area contributed by atoms with E-state index in [9.17, 15) is 27.6 Å². The Labute approximate surface area is 190 Å². The number of fused-ring (bicyclic) bond motifs is 1. The minimum absolute atomic E-state index is 0.0635. The molecule has 1 aliphatic carbocycles. The van der Waals surface area contributed by atoms with Crippen LogP contribution in [0.2, 0.25) is 0 Å². The SMILES string of the molecule is NC(=O)c1cccc2cn(-c3ccc(NC(=O)[C@H]4CC[C@@](N)(OC(=O)C(F)(F)F)C4)cc3)nc12. The average Bonchev–Trinajstić information content (AvgIpc) is 3.37. The van der Waals surface area contributed by atoms with Gasteiger partial charge in [-0.1, -0.05) is 12.1 Å². The lowest BCUT2D eigenvalue weighted by molar-refractivity contribution is -0.213. The van der Waals surface area contributed by atoms with Gasteiger partial charge in [-0.3, -0.25) is 15.3 Å². The van der Waals surface area contributed by atoms with Gasteiger partial charge >= 0.3 is 12.1 Å². The number of ether oxygens (including phenoxy) is 1. The Morgan fingerprint density at radius 1 is 1.15 bits per heavy atom. The number of rotatable bonds is 5. The molecule has 0 radical (unpaired) electrons. The van der Waals surface area contributed by atoms with Crippen LogP contribution in [0.4, 0.5) is 18.9 Å². The van der Waals surface area contributed by atoms with E-state index >= 15 is 0 Å². The van der Waals surface area contributed by atoms with Crippen LogP contribution >= 0.6 is 0 Å². The van der Waals surface area contributed by atoms with Gasteiger partial charge in [-0.25, -0.2) is 9.48 Å². The predicted molar refractivity (Wildman–Crippen MR) is 115 cm³/mol. The van der Waals surface area contributed by atoms with E-state index in [2.05, 4.69) is 15.2 Å². The van der Waals surface area contributed by atoms with Crippen LogP contribution in [0.25, 0.3) is 16.6 Å². The van der Waals surface area contributed by atoms with E-state index in [4.69, 9.17) is 11.5 Å². The third kappa shape index (κ3) is 4.71. The second kappa shape index (κ2) is 8.45. The lowest BCUT2D eigenvalue weighted by Gasteiger charge is -2.24. The van der Waals surface area contributed by atoms with Crippen molar-refractivity contribution in [2.45, 2.75) is 31.2 Å². The molecular formula is C22H20F3N5O4. The molecule has 9 nitrogen and oxygen atoms in total. The summed E-state index contributed by atoms with van der Waals surface area (Å²) < 4.78 is 43.3. The zero-order chi connectivity index (χ0) is 24.7. The number of amides is 2. The fraction of sp³-hybridized carbons (Fsp3) is 0.273. The summed E-state index contributed by atoms with van der Waals surface area (Å²) in [6, 6.07) is 11.7. The first kappa shape index (κ1) is 23.2. The number of primary amides is 1. The molecule has 2 atom stereocenters. The van der Waals surface area contributed by atoms with Crippen LogP contribution < -0.4 is 16.8 Å². The molecule has 1 aliphatic rings. The number of halogens is 3. The molecule has 0 unspecified atom stereocenters. The van der Waals surface area contributed by atoms with Crippen molar-refractivity contribution >= 4 is 34.4 Å². The predicted octanol–water partition coefficient (Wildman–Crippen LogP) is 2.62. The number of esters is 1. The lowest BCUT2D eigenvalue weighted by atomic mass is 10.1. The van der Waals surface area contributed by atoms with Crippen molar-refractivity contribution in [1.29, 1.82) is 0 Å². The van der Waals surface area contributed by atoms with Gasteiger partial charge < -0.3 is 15.8 Å². The first-order valence-corrected chi connectivity index (χ1v) is 10.2. The van der Waals surface area contributed by atoms with Gasteiger partial charge in [0.25, 0.3) is 5.91 Å². The summed E-state index contributed by atoms with van der Waals surface area (Å²) in [5, 5.41) is 7.82. The van der Waals surface area contributed by atoms with Crippen molar-refractivity contribution in [3.8, 4) is 5.69 Å². The van der Waals surface area contributed by atoms with Crippen LogP contribution in [0.1, 0.15) is 29.6 Å². The summed E-state index contributed by atoms with van der Waals surface area (Å²) in [6.45, 7) is 0. The minimum Gasteiger partial charge on any atom is -0.437 e. The summed E-state index contributed by atoms with van der Waals surface area (Å²) in [6.07, 6.45) is -3.53. The van der Waals surface area contributed by atoms with Gasteiger partial charge in [0.15, 0.2) is 5.72 Å². The van der Waals surface area contributed by atoms with Crippen molar-refractivity contribution < 1.29 is 32.3 Å². The van der Waals surface area contributed by atoms with Crippen LogP contribution in [-0.2, 0) is 14.3 Å². The molecule has 1 fully saturated rings. The molecule has 4 rings (SSSR count). The number of carbonyl (C=O) groups is 3. The molecule has 2 amide bonds. The van der Waals surface area contributed by atoms with Crippen molar-refractivity contribution in [2.75, 3.05) is 5.32 Å². The highest BCUT2D eigenvalue weighted by molar-refractivity contribution is 6.04. The molecule has 1 saturated carbocycles. The number of nitrogens with two attached hydrogens (primary N) is 2. The van der Waals surface area contributed by atoms with E-state index in [1.54, 1.807) is 53.3 Å². The molecule has 1 aromatic heterocycles. The molecule has 0 spiro atoms. The monoisotopic (exact) mass is 475 g/mol. The number of benzene rings is 2. The van der Waals surface area contributed by atoms with Gasteiger partial charge in [0.05, 0.1) is 11.3 Å². The average molecular weight is 475 g/mol. The van der Waals surface area contributed by atoms with Gasteiger partial charge in [0.1, 0.15) is 5.52 Å². The van der Waals surface area contributed by atoms with Crippen LogP contribution in [0.15, 0.2) is 48.7 Å². The van der Waals surface area contributed by atoms with Crippen molar-refractivity contribution in [3.05, 3.63) is 54.2 Å². The molecule has 34 heavy (non-hydrogen) atoms. The summed E-state index contributed by atoms with van der Waals surface area (Å²) in [7, 11) is 0. The summed E-state index contributed by atoms with van der Waals surface area (Å²) >= 11 is 0. The zero-order valence-corrected chi connectivity index (χ0v) is 17.6. The van der Waals surface area contributed by atoms with Crippen LogP contribution in [0.5, 0.6) is 0 Å². The van der Waals surface area contributed by atoms with Gasteiger partial charge in [-0.05, 0) is 36.8 Å². The molecule has 1 heterocycles. The number of nitrogens with zero attached hydrogens (tertiary/aromatic N) is 2. The highest BCUT2D eigenvalue weighted by atomic mass is 19.4. The second-order valence-corrected chi connectivity index (χ2v) is 8.11. The van der Waals surface area contributed by atoms with Gasteiger partial charge in [-0.15, -0.1) is 0 Å². The molecule has 5 N–H and O–H groups in total. The normalized spacial score (nSPS) is 20.3. The van der Waals surface area contributed by atoms with Gasteiger partial charge in [-0.2, -0.15) is 18.3 Å². The molecular weight excluding hydrogens is 455 g/mol. The second-order valence-electron chi connectivity index (χ2n) is 8.11. The van der Waals surface area contributed by atoms with Crippen LogP contribution in [0, 0.1) is 5.92 Å². The van der Waals surface area contributed by atoms with E-state index in [0.717, 1.165) is 5.39 Å². The third-order valence-electron chi connectivity index (χ3n) is 5.61. The van der Waals surface area contributed by atoms with E-state index in [0.29, 0.717) is 22.5 Å². The smallest absolute Gasteiger partial charge is 0.437 e. The number of anilines is 1. The fourth-order valence-corrected chi connectivity index (χ4v) is 3.92. The van der Waals surface area contributed by atoms with Crippen LogP contribution in [0.3, 0.4) is 0 Å². The van der Waals surface area contributed by atoms with E-state index < -0.39 is 35.6 Å². The van der Waals surface area contributed by atoms with E-state index in [-0.39, 0.29) is 19.3 Å². The molecule has 2 aromatic carbocycles. The number of carbonyl (C=O) groups excluding carboxylic acids is 3.